The first-order valence-electron chi connectivity index (χ1n) is 7.35. The summed E-state index contributed by atoms with van der Waals surface area (Å²) >= 11 is 0. The lowest BCUT2D eigenvalue weighted by Gasteiger charge is -2.14. The Morgan fingerprint density at radius 3 is 2.57 bits per heavy atom. The van der Waals surface area contributed by atoms with Gasteiger partial charge in [-0.25, -0.2) is 9.67 Å². The first kappa shape index (κ1) is 15.5. The highest BCUT2D eigenvalue weighted by Gasteiger charge is 2.18. The van der Waals surface area contributed by atoms with Crippen LogP contribution in [0.5, 0.6) is 0 Å². The van der Waals surface area contributed by atoms with Crippen LogP contribution in [0.2, 0.25) is 0 Å². The quantitative estimate of drug-likeness (QED) is 0.918. The highest BCUT2D eigenvalue weighted by molar-refractivity contribution is 5.80. The maximum Gasteiger partial charge on any atom is 0.306 e. The van der Waals surface area contributed by atoms with Crippen LogP contribution in [0, 0.1) is 25.7 Å². The summed E-state index contributed by atoms with van der Waals surface area (Å²) in [6, 6.07) is 0. The van der Waals surface area contributed by atoms with Gasteiger partial charge in [0.15, 0.2) is 5.65 Å². The summed E-state index contributed by atoms with van der Waals surface area (Å²) in [5.74, 6) is -0.681. The van der Waals surface area contributed by atoms with Crippen LogP contribution >= 0.6 is 0 Å². The van der Waals surface area contributed by atoms with E-state index in [9.17, 15) is 4.79 Å². The number of hydrogen-bond acceptors (Lipinski definition) is 3. The highest BCUT2D eigenvalue weighted by Crippen LogP contribution is 2.25. The summed E-state index contributed by atoms with van der Waals surface area (Å²) in [6.07, 6.45) is 2.35. The summed E-state index contributed by atoms with van der Waals surface area (Å²) in [7, 11) is 0. The number of fused-ring (bicyclic) bond motifs is 1. The van der Waals surface area contributed by atoms with E-state index in [1.165, 1.54) is 0 Å². The van der Waals surface area contributed by atoms with Crippen molar-refractivity contribution in [1.29, 1.82) is 0 Å². The van der Waals surface area contributed by atoms with Gasteiger partial charge in [0.2, 0.25) is 0 Å². The molecule has 0 aromatic carbocycles. The second-order valence-electron chi connectivity index (χ2n) is 6.20. The molecule has 0 radical (unpaired) electrons. The lowest BCUT2D eigenvalue weighted by Crippen LogP contribution is -2.15. The van der Waals surface area contributed by atoms with Crippen molar-refractivity contribution in [1.82, 2.24) is 14.8 Å². The van der Waals surface area contributed by atoms with Crippen molar-refractivity contribution in [3.63, 3.8) is 0 Å². The molecule has 0 aliphatic rings. The summed E-state index contributed by atoms with van der Waals surface area (Å²) in [5, 5.41) is 14.6. The molecule has 2 rings (SSSR count). The number of hydrogen-bond donors (Lipinski definition) is 1. The topological polar surface area (TPSA) is 68.0 Å². The van der Waals surface area contributed by atoms with Crippen LogP contribution in [0.15, 0.2) is 6.20 Å². The Kier molecular flexibility index (Phi) is 4.30. The van der Waals surface area contributed by atoms with E-state index >= 15 is 0 Å². The first-order chi connectivity index (χ1) is 9.81. The van der Waals surface area contributed by atoms with Crippen LogP contribution in [0.3, 0.4) is 0 Å². The largest absolute Gasteiger partial charge is 0.481 e. The molecule has 0 aliphatic carbocycles. The molecular formula is C16H23N3O2. The summed E-state index contributed by atoms with van der Waals surface area (Å²) < 4.78 is 1.93. The van der Waals surface area contributed by atoms with E-state index in [1.807, 2.05) is 24.7 Å². The molecule has 2 heterocycles. The summed E-state index contributed by atoms with van der Waals surface area (Å²) in [4.78, 5) is 15.7. The van der Waals surface area contributed by atoms with Gasteiger partial charge in [0.1, 0.15) is 0 Å². The number of aromatic nitrogens is 3. The van der Waals surface area contributed by atoms with E-state index < -0.39 is 11.9 Å². The maximum absolute atomic E-state index is 11.1. The van der Waals surface area contributed by atoms with Crippen molar-refractivity contribution in [2.24, 2.45) is 11.8 Å². The third-order valence-electron chi connectivity index (χ3n) is 3.85. The molecule has 0 aliphatic heterocycles. The number of aryl methyl sites for hydroxylation is 2. The smallest absolute Gasteiger partial charge is 0.306 e. The van der Waals surface area contributed by atoms with Gasteiger partial charge < -0.3 is 5.11 Å². The zero-order valence-corrected chi connectivity index (χ0v) is 13.3. The van der Waals surface area contributed by atoms with Crippen molar-refractivity contribution in [3.05, 3.63) is 23.0 Å². The lowest BCUT2D eigenvalue weighted by molar-refractivity contribution is -0.141. The van der Waals surface area contributed by atoms with Gasteiger partial charge in [-0.05, 0) is 37.3 Å². The second kappa shape index (κ2) is 5.84. The van der Waals surface area contributed by atoms with Crippen LogP contribution < -0.4 is 0 Å². The summed E-state index contributed by atoms with van der Waals surface area (Å²) in [6.45, 7) is 10.8. The van der Waals surface area contributed by atoms with Crippen LogP contribution in [-0.4, -0.2) is 25.8 Å². The van der Waals surface area contributed by atoms with E-state index in [1.54, 1.807) is 6.92 Å². The Bertz CT molecular complexity index is 674. The van der Waals surface area contributed by atoms with Gasteiger partial charge >= 0.3 is 5.97 Å². The minimum Gasteiger partial charge on any atom is -0.481 e. The number of nitrogens with zero attached hydrogens (tertiary/aromatic N) is 3. The molecule has 5 heteroatoms. The van der Waals surface area contributed by atoms with E-state index in [0.29, 0.717) is 12.3 Å². The highest BCUT2D eigenvalue weighted by atomic mass is 16.4. The van der Waals surface area contributed by atoms with Crippen LogP contribution in [0.4, 0.5) is 0 Å². The van der Waals surface area contributed by atoms with Crippen molar-refractivity contribution in [2.45, 2.75) is 47.6 Å². The number of carboxylic acid groups (broad SMARTS) is 1. The number of aliphatic carboxylic acids is 1. The van der Waals surface area contributed by atoms with E-state index in [0.717, 1.165) is 34.4 Å². The molecule has 21 heavy (non-hydrogen) atoms. The molecule has 0 amide bonds. The number of carboxylic acids is 1. The lowest BCUT2D eigenvalue weighted by atomic mass is 9.95. The summed E-state index contributed by atoms with van der Waals surface area (Å²) in [5.41, 5.74) is 3.92. The average molecular weight is 289 g/mol. The minimum absolute atomic E-state index is 0.410. The fourth-order valence-electron chi connectivity index (χ4n) is 2.60. The van der Waals surface area contributed by atoms with E-state index in [4.69, 9.17) is 5.11 Å². The van der Waals surface area contributed by atoms with Gasteiger partial charge in [0.25, 0.3) is 0 Å². The molecule has 0 saturated carbocycles. The van der Waals surface area contributed by atoms with Crippen LogP contribution in [-0.2, 0) is 17.8 Å². The van der Waals surface area contributed by atoms with Gasteiger partial charge in [0, 0.05) is 17.6 Å². The number of pyridine rings is 1. The predicted molar refractivity (Wildman–Crippen MR) is 82.3 cm³/mol. The number of carbonyl (C=O) groups is 1. The fourth-order valence-corrected chi connectivity index (χ4v) is 2.60. The standard InChI is InChI=1S/C16H23N3O2/c1-9(2)8-19-15-14(7-17-19)11(4)13(12(5)18-15)6-10(3)16(20)21/h7,9-10H,6,8H2,1-5H3,(H,20,21). The maximum atomic E-state index is 11.1. The Labute approximate surface area is 125 Å². The molecule has 0 bridgehead atoms. The molecule has 2 aromatic heterocycles. The number of rotatable bonds is 5. The normalized spacial score (nSPS) is 13.0. The first-order valence-corrected chi connectivity index (χ1v) is 7.35. The SMILES string of the molecule is Cc1nc2c(cnn2CC(C)C)c(C)c1CC(C)C(=O)O. The Morgan fingerprint density at radius 1 is 1.33 bits per heavy atom. The molecule has 0 fully saturated rings. The van der Waals surface area contributed by atoms with Gasteiger partial charge in [-0.15, -0.1) is 0 Å². The zero-order chi connectivity index (χ0) is 15.7. The zero-order valence-electron chi connectivity index (χ0n) is 13.3. The van der Waals surface area contributed by atoms with Crippen molar-refractivity contribution >= 4 is 17.0 Å². The Balaban J connectivity index is 2.48. The van der Waals surface area contributed by atoms with Gasteiger partial charge in [-0.1, -0.05) is 20.8 Å². The Morgan fingerprint density at radius 2 is 2.00 bits per heavy atom. The van der Waals surface area contributed by atoms with Gasteiger partial charge in [-0.2, -0.15) is 5.10 Å². The van der Waals surface area contributed by atoms with Crippen molar-refractivity contribution < 1.29 is 9.90 Å². The Hall–Kier alpha value is -1.91. The molecule has 1 atom stereocenters. The van der Waals surface area contributed by atoms with Gasteiger partial charge in [-0.3, -0.25) is 4.79 Å². The van der Waals surface area contributed by atoms with Crippen molar-refractivity contribution in [2.75, 3.05) is 0 Å². The third kappa shape index (κ3) is 3.06. The van der Waals surface area contributed by atoms with Gasteiger partial charge in [0.05, 0.1) is 12.1 Å². The second-order valence-corrected chi connectivity index (χ2v) is 6.20. The fraction of sp³-hybridized carbons (Fsp3) is 0.562. The monoisotopic (exact) mass is 289 g/mol. The van der Waals surface area contributed by atoms with Crippen LogP contribution in [0.1, 0.15) is 37.6 Å². The molecule has 1 unspecified atom stereocenters. The minimum atomic E-state index is -0.774. The molecular weight excluding hydrogens is 266 g/mol. The molecule has 114 valence electrons. The van der Waals surface area contributed by atoms with E-state index in [2.05, 4.69) is 23.9 Å². The molecule has 1 N–H and O–H groups in total. The third-order valence-corrected chi connectivity index (χ3v) is 3.85. The van der Waals surface area contributed by atoms with E-state index in [-0.39, 0.29) is 0 Å². The molecule has 0 saturated heterocycles. The average Bonchev–Trinajstić information content (AvgIpc) is 2.76. The predicted octanol–water partition coefficient (Wildman–Crippen LogP) is 2.97. The van der Waals surface area contributed by atoms with Crippen LogP contribution in [0.25, 0.3) is 11.0 Å². The van der Waals surface area contributed by atoms with Crippen molar-refractivity contribution in [3.8, 4) is 0 Å². The molecule has 2 aromatic rings. The molecule has 5 nitrogen and oxygen atoms in total. The molecule has 0 spiro atoms.